The van der Waals surface area contributed by atoms with Crippen LogP contribution in [0, 0.1) is 5.41 Å². The van der Waals surface area contributed by atoms with Crippen LogP contribution < -0.4 is 5.73 Å². The fourth-order valence-corrected chi connectivity index (χ4v) is 2.96. The molecule has 0 amide bonds. The molecule has 0 aliphatic carbocycles. The Labute approximate surface area is 124 Å². The first-order valence-corrected chi connectivity index (χ1v) is 6.99. The highest BCUT2D eigenvalue weighted by Gasteiger charge is 2.33. The SMILES string of the molecule is CC1(C)CN(Cc2cccc(Br)c2)CCC1N.Cl. The van der Waals surface area contributed by atoms with Crippen LogP contribution in [-0.4, -0.2) is 24.0 Å². The zero-order valence-electron chi connectivity index (χ0n) is 11.0. The van der Waals surface area contributed by atoms with E-state index >= 15 is 0 Å². The Morgan fingerprint density at radius 1 is 1.44 bits per heavy atom. The third-order valence-electron chi connectivity index (χ3n) is 3.69. The standard InChI is InChI=1S/C14H21BrN2.ClH/c1-14(2)10-17(7-6-13(14)16)9-11-4-3-5-12(15)8-11;/h3-5,8,13H,6-7,9-10,16H2,1-2H3;1H. The predicted molar refractivity (Wildman–Crippen MR) is 83.0 cm³/mol. The van der Waals surface area contributed by atoms with Crippen LogP contribution in [0.15, 0.2) is 28.7 Å². The van der Waals surface area contributed by atoms with Crippen molar-refractivity contribution in [3.05, 3.63) is 34.3 Å². The Morgan fingerprint density at radius 3 is 2.78 bits per heavy atom. The van der Waals surface area contributed by atoms with Gasteiger partial charge in [0, 0.05) is 30.1 Å². The zero-order chi connectivity index (χ0) is 12.5. The monoisotopic (exact) mass is 332 g/mol. The number of likely N-dealkylation sites (tertiary alicyclic amines) is 1. The molecule has 1 aromatic rings. The summed E-state index contributed by atoms with van der Waals surface area (Å²) in [4.78, 5) is 2.51. The molecule has 1 unspecified atom stereocenters. The van der Waals surface area contributed by atoms with Crippen molar-refractivity contribution < 1.29 is 0 Å². The molecule has 0 saturated carbocycles. The van der Waals surface area contributed by atoms with Crippen LogP contribution in [0.3, 0.4) is 0 Å². The summed E-state index contributed by atoms with van der Waals surface area (Å²) in [6.07, 6.45) is 1.10. The second kappa shape index (κ2) is 6.38. The van der Waals surface area contributed by atoms with Crippen LogP contribution in [0.25, 0.3) is 0 Å². The Bertz CT molecular complexity index is 395. The predicted octanol–water partition coefficient (Wildman–Crippen LogP) is 3.43. The van der Waals surface area contributed by atoms with Gasteiger partial charge in [-0.3, -0.25) is 4.90 Å². The molecule has 4 heteroatoms. The molecule has 1 aromatic carbocycles. The number of rotatable bonds is 2. The lowest BCUT2D eigenvalue weighted by molar-refractivity contribution is 0.0899. The molecule has 2 rings (SSSR count). The van der Waals surface area contributed by atoms with Gasteiger partial charge in [-0.2, -0.15) is 0 Å². The van der Waals surface area contributed by atoms with E-state index < -0.39 is 0 Å². The maximum absolute atomic E-state index is 6.16. The topological polar surface area (TPSA) is 29.3 Å². The highest BCUT2D eigenvalue weighted by Crippen LogP contribution is 2.28. The normalized spacial score (nSPS) is 23.4. The highest BCUT2D eigenvalue weighted by molar-refractivity contribution is 9.10. The van der Waals surface area contributed by atoms with Crippen molar-refractivity contribution in [1.29, 1.82) is 0 Å². The molecule has 18 heavy (non-hydrogen) atoms. The van der Waals surface area contributed by atoms with Crippen LogP contribution in [0.2, 0.25) is 0 Å². The van der Waals surface area contributed by atoms with Gasteiger partial charge in [0.1, 0.15) is 0 Å². The van der Waals surface area contributed by atoms with Gasteiger partial charge in [0.05, 0.1) is 0 Å². The molecule has 0 radical (unpaired) electrons. The van der Waals surface area contributed by atoms with Gasteiger partial charge >= 0.3 is 0 Å². The first kappa shape index (κ1) is 16.0. The fraction of sp³-hybridized carbons (Fsp3) is 0.571. The number of hydrogen-bond acceptors (Lipinski definition) is 2. The summed E-state index contributed by atoms with van der Waals surface area (Å²) < 4.78 is 1.16. The van der Waals surface area contributed by atoms with E-state index in [1.54, 1.807) is 0 Å². The van der Waals surface area contributed by atoms with Gasteiger partial charge in [-0.15, -0.1) is 12.4 Å². The number of hydrogen-bond donors (Lipinski definition) is 1. The Hall–Kier alpha value is -0.0900. The average molecular weight is 334 g/mol. The summed E-state index contributed by atoms with van der Waals surface area (Å²) in [5.74, 6) is 0. The molecule has 0 bridgehead atoms. The fourth-order valence-electron chi connectivity index (χ4n) is 2.51. The lowest BCUT2D eigenvalue weighted by Crippen LogP contribution is -2.52. The van der Waals surface area contributed by atoms with Crippen molar-refractivity contribution in [2.24, 2.45) is 11.1 Å². The van der Waals surface area contributed by atoms with Gasteiger partial charge in [-0.05, 0) is 29.5 Å². The molecule has 0 spiro atoms. The Morgan fingerprint density at radius 2 is 2.17 bits per heavy atom. The molecule has 2 nitrogen and oxygen atoms in total. The summed E-state index contributed by atoms with van der Waals surface area (Å²) in [6.45, 7) is 7.75. The molecule has 1 fully saturated rings. The molecule has 1 heterocycles. The summed E-state index contributed by atoms with van der Waals surface area (Å²) >= 11 is 3.52. The molecular formula is C14H22BrClN2. The summed E-state index contributed by atoms with van der Waals surface area (Å²) in [7, 11) is 0. The molecular weight excluding hydrogens is 312 g/mol. The number of benzene rings is 1. The van der Waals surface area contributed by atoms with Gasteiger partial charge in [-0.1, -0.05) is 41.9 Å². The van der Waals surface area contributed by atoms with Gasteiger partial charge in [-0.25, -0.2) is 0 Å². The van der Waals surface area contributed by atoms with E-state index in [9.17, 15) is 0 Å². The summed E-state index contributed by atoms with van der Waals surface area (Å²) in [6, 6.07) is 8.88. The van der Waals surface area contributed by atoms with Crippen LogP contribution in [0.5, 0.6) is 0 Å². The van der Waals surface area contributed by atoms with E-state index in [2.05, 4.69) is 58.9 Å². The Kier molecular flexibility index (Phi) is 5.66. The van der Waals surface area contributed by atoms with Crippen LogP contribution in [0.1, 0.15) is 25.8 Å². The van der Waals surface area contributed by atoms with E-state index in [4.69, 9.17) is 5.73 Å². The van der Waals surface area contributed by atoms with E-state index in [1.165, 1.54) is 5.56 Å². The van der Waals surface area contributed by atoms with E-state index in [0.29, 0.717) is 6.04 Å². The van der Waals surface area contributed by atoms with Crippen LogP contribution in [-0.2, 0) is 6.54 Å². The van der Waals surface area contributed by atoms with Crippen LogP contribution in [0.4, 0.5) is 0 Å². The highest BCUT2D eigenvalue weighted by atomic mass is 79.9. The maximum atomic E-state index is 6.16. The molecule has 1 atom stereocenters. The number of piperidine rings is 1. The second-order valence-corrected chi connectivity index (χ2v) is 6.64. The molecule has 1 saturated heterocycles. The first-order valence-electron chi connectivity index (χ1n) is 6.20. The minimum absolute atomic E-state index is 0. The number of nitrogens with zero attached hydrogens (tertiary/aromatic N) is 1. The molecule has 2 N–H and O–H groups in total. The maximum Gasteiger partial charge on any atom is 0.0234 e. The van der Waals surface area contributed by atoms with E-state index in [-0.39, 0.29) is 17.8 Å². The summed E-state index contributed by atoms with van der Waals surface area (Å²) in [5.41, 5.74) is 7.75. The minimum atomic E-state index is 0. The number of nitrogens with two attached hydrogens (primary N) is 1. The zero-order valence-corrected chi connectivity index (χ0v) is 13.4. The Balaban J connectivity index is 0.00000162. The van der Waals surface area contributed by atoms with Crippen molar-refractivity contribution >= 4 is 28.3 Å². The van der Waals surface area contributed by atoms with Gasteiger partial charge in [0.25, 0.3) is 0 Å². The largest absolute Gasteiger partial charge is 0.327 e. The average Bonchev–Trinajstić information content (AvgIpc) is 2.23. The lowest BCUT2D eigenvalue weighted by atomic mass is 9.79. The smallest absolute Gasteiger partial charge is 0.0234 e. The number of halogens is 2. The van der Waals surface area contributed by atoms with E-state index in [0.717, 1.165) is 30.5 Å². The summed E-state index contributed by atoms with van der Waals surface area (Å²) in [5, 5.41) is 0. The third-order valence-corrected chi connectivity index (χ3v) is 4.18. The minimum Gasteiger partial charge on any atom is -0.327 e. The van der Waals surface area contributed by atoms with E-state index in [1.807, 2.05) is 0 Å². The third kappa shape index (κ3) is 3.95. The quantitative estimate of drug-likeness (QED) is 0.898. The van der Waals surface area contributed by atoms with Crippen LogP contribution >= 0.6 is 28.3 Å². The van der Waals surface area contributed by atoms with Crippen molar-refractivity contribution in [2.45, 2.75) is 32.9 Å². The lowest BCUT2D eigenvalue weighted by Gasteiger charge is -2.42. The van der Waals surface area contributed by atoms with Crippen molar-refractivity contribution in [3.63, 3.8) is 0 Å². The van der Waals surface area contributed by atoms with Gasteiger partial charge in [0.15, 0.2) is 0 Å². The van der Waals surface area contributed by atoms with Crippen molar-refractivity contribution in [3.8, 4) is 0 Å². The van der Waals surface area contributed by atoms with Crippen molar-refractivity contribution in [1.82, 2.24) is 4.90 Å². The molecule has 102 valence electrons. The first-order chi connectivity index (χ1) is 7.97. The molecule has 0 aromatic heterocycles. The molecule has 1 aliphatic rings. The van der Waals surface area contributed by atoms with Gasteiger partial charge in [0.2, 0.25) is 0 Å². The molecule has 1 aliphatic heterocycles. The second-order valence-electron chi connectivity index (χ2n) is 5.72. The van der Waals surface area contributed by atoms with Crippen molar-refractivity contribution in [2.75, 3.05) is 13.1 Å². The van der Waals surface area contributed by atoms with Gasteiger partial charge < -0.3 is 5.73 Å².